The molecular formula is C15H17FN2O2S. The van der Waals surface area contributed by atoms with Crippen LogP contribution in [0.2, 0.25) is 0 Å². The van der Waals surface area contributed by atoms with Crippen molar-refractivity contribution in [2.75, 3.05) is 26.0 Å². The molecular weight excluding hydrogens is 291 g/mol. The lowest BCUT2D eigenvalue weighted by atomic mass is 10.1. The van der Waals surface area contributed by atoms with E-state index in [9.17, 15) is 9.18 Å². The molecule has 0 aliphatic carbocycles. The number of hydrogen-bond donors (Lipinski definition) is 1. The van der Waals surface area contributed by atoms with Crippen LogP contribution in [-0.4, -0.2) is 31.1 Å². The molecule has 112 valence electrons. The van der Waals surface area contributed by atoms with Gasteiger partial charge in [0, 0.05) is 24.2 Å². The molecule has 0 radical (unpaired) electrons. The van der Waals surface area contributed by atoms with Gasteiger partial charge in [-0.3, -0.25) is 4.79 Å². The van der Waals surface area contributed by atoms with Crippen molar-refractivity contribution in [3.8, 4) is 0 Å². The van der Waals surface area contributed by atoms with Crippen molar-refractivity contribution < 1.29 is 13.9 Å². The third-order valence-corrected chi connectivity index (χ3v) is 3.89. The van der Waals surface area contributed by atoms with Crippen LogP contribution in [0.4, 0.5) is 10.1 Å². The number of nitrogens with zero attached hydrogens (tertiary/aromatic N) is 1. The molecule has 0 unspecified atom stereocenters. The highest BCUT2D eigenvalue weighted by Gasteiger charge is 2.19. The van der Waals surface area contributed by atoms with E-state index >= 15 is 0 Å². The van der Waals surface area contributed by atoms with E-state index in [1.54, 1.807) is 23.3 Å². The van der Waals surface area contributed by atoms with Crippen molar-refractivity contribution in [3.63, 3.8) is 0 Å². The van der Waals surface area contributed by atoms with E-state index in [4.69, 9.17) is 10.5 Å². The van der Waals surface area contributed by atoms with Crippen LogP contribution in [0, 0.1) is 5.82 Å². The van der Waals surface area contributed by atoms with Crippen LogP contribution in [-0.2, 0) is 11.3 Å². The Labute approximate surface area is 126 Å². The van der Waals surface area contributed by atoms with Gasteiger partial charge in [-0.1, -0.05) is 6.07 Å². The van der Waals surface area contributed by atoms with Crippen molar-refractivity contribution in [1.82, 2.24) is 4.90 Å². The number of thiophene rings is 1. The SMILES string of the molecule is COCCN(Cc1cccs1)C(=O)c1cc(F)ccc1N. The molecule has 0 aliphatic heterocycles. The lowest BCUT2D eigenvalue weighted by molar-refractivity contribution is 0.0683. The van der Waals surface area contributed by atoms with Crippen LogP contribution < -0.4 is 5.73 Å². The summed E-state index contributed by atoms with van der Waals surface area (Å²) in [6.07, 6.45) is 0. The maximum absolute atomic E-state index is 13.4. The molecule has 0 saturated carbocycles. The van der Waals surface area contributed by atoms with E-state index in [0.717, 1.165) is 4.88 Å². The molecule has 0 spiro atoms. The second-order valence-electron chi connectivity index (χ2n) is 4.53. The first kappa shape index (κ1) is 15.5. The summed E-state index contributed by atoms with van der Waals surface area (Å²) in [5, 5.41) is 1.95. The Morgan fingerprint density at radius 3 is 2.90 bits per heavy atom. The zero-order valence-electron chi connectivity index (χ0n) is 11.7. The topological polar surface area (TPSA) is 55.6 Å². The van der Waals surface area contributed by atoms with Crippen LogP contribution in [0.15, 0.2) is 35.7 Å². The normalized spacial score (nSPS) is 10.6. The first-order valence-corrected chi connectivity index (χ1v) is 7.35. The summed E-state index contributed by atoms with van der Waals surface area (Å²) in [5.41, 5.74) is 6.24. The summed E-state index contributed by atoms with van der Waals surface area (Å²) >= 11 is 1.56. The number of hydrogen-bond acceptors (Lipinski definition) is 4. The van der Waals surface area contributed by atoms with Gasteiger partial charge in [0.15, 0.2) is 0 Å². The molecule has 0 fully saturated rings. The Hall–Kier alpha value is -1.92. The minimum atomic E-state index is -0.477. The number of halogens is 1. The first-order valence-electron chi connectivity index (χ1n) is 6.47. The second kappa shape index (κ2) is 7.19. The minimum Gasteiger partial charge on any atom is -0.398 e. The Balaban J connectivity index is 2.22. The molecule has 1 amide bonds. The predicted molar refractivity (Wildman–Crippen MR) is 81.7 cm³/mol. The van der Waals surface area contributed by atoms with Gasteiger partial charge in [0.05, 0.1) is 18.7 Å². The third kappa shape index (κ3) is 4.03. The fourth-order valence-electron chi connectivity index (χ4n) is 1.93. The predicted octanol–water partition coefficient (Wildman–Crippen LogP) is 2.76. The fraction of sp³-hybridized carbons (Fsp3) is 0.267. The van der Waals surface area contributed by atoms with E-state index in [1.807, 2.05) is 17.5 Å². The van der Waals surface area contributed by atoms with Crippen molar-refractivity contribution in [2.24, 2.45) is 0 Å². The second-order valence-corrected chi connectivity index (χ2v) is 5.56. The third-order valence-electron chi connectivity index (χ3n) is 3.03. The van der Waals surface area contributed by atoms with Gasteiger partial charge in [0.25, 0.3) is 5.91 Å². The Morgan fingerprint density at radius 2 is 2.24 bits per heavy atom. The van der Waals surface area contributed by atoms with Crippen LogP contribution in [0.25, 0.3) is 0 Å². The fourth-order valence-corrected chi connectivity index (χ4v) is 2.65. The lowest BCUT2D eigenvalue weighted by Gasteiger charge is -2.22. The summed E-state index contributed by atoms with van der Waals surface area (Å²) in [6.45, 7) is 1.28. The van der Waals surface area contributed by atoms with E-state index in [-0.39, 0.29) is 17.2 Å². The monoisotopic (exact) mass is 308 g/mol. The van der Waals surface area contributed by atoms with Gasteiger partial charge in [-0.25, -0.2) is 4.39 Å². The standard InChI is InChI=1S/C15H17FN2O2S/c1-20-7-6-18(10-12-3-2-8-21-12)15(19)13-9-11(16)4-5-14(13)17/h2-5,8-9H,6-7,10,17H2,1H3. The van der Waals surface area contributed by atoms with Crippen LogP contribution in [0.1, 0.15) is 15.2 Å². The number of nitrogen functional groups attached to an aromatic ring is 1. The van der Waals surface area contributed by atoms with Gasteiger partial charge in [-0.05, 0) is 29.6 Å². The van der Waals surface area contributed by atoms with Crippen molar-refractivity contribution in [3.05, 3.63) is 52.0 Å². The lowest BCUT2D eigenvalue weighted by Crippen LogP contribution is -2.33. The average Bonchev–Trinajstić information content (AvgIpc) is 2.98. The van der Waals surface area contributed by atoms with Crippen LogP contribution in [0.5, 0.6) is 0 Å². The molecule has 0 bridgehead atoms. The summed E-state index contributed by atoms with van der Waals surface area (Å²) in [7, 11) is 1.57. The first-order chi connectivity index (χ1) is 10.1. The number of ether oxygens (including phenoxy) is 1. The average molecular weight is 308 g/mol. The molecule has 0 atom stereocenters. The number of anilines is 1. The van der Waals surface area contributed by atoms with E-state index < -0.39 is 5.82 Å². The van der Waals surface area contributed by atoms with Gasteiger partial charge in [0.2, 0.25) is 0 Å². The zero-order valence-corrected chi connectivity index (χ0v) is 12.5. The van der Waals surface area contributed by atoms with Gasteiger partial charge in [-0.2, -0.15) is 0 Å². The van der Waals surface area contributed by atoms with Crippen LogP contribution >= 0.6 is 11.3 Å². The van der Waals surface area contributed by atoms with Crippen LogP contribution in [0.3, 0.4) is 0 Å². The molecule has 1 aromatic carbocycles. The largest absolute Gasteiger partial charge is 0.398 e. The molecule has 2 aromatic rings. The van der Waals surface area contributed by atoms with Crippen molar-refractivity contribution >= 4 is 22.9 Å². The Morgan fingerprint density at radius 1 is 1.43 bits per heavy atom. The number of amides is 1. The van der Waals surface area contributed by atoms with E-state index in [1.165, 1.54) is 18.2 Å². The quantitative estimate of drug-likeness (QED) is 0.835. The van der Waals surface area contributed by atoms with Crippen molar-refractivity contribution in [2.45, 2.75) is 6.54 Å². The van der Waals surface area contributed by atoms with Gasteiger partial charge in [0.1, 0.15) is 5.82 Å². The highest BCUT2D eigenvalue weighted by atomic mass is 32.1. The minimum absolute atomic E-state index is 0.183. The molecule has 0 aliphatic rings. The molecule has 2 rings (SSSR count). The number of carbonyl (C=O) groups is 1. The molecule has 21 heavy (non-hydrogen) atoms. The highest BCUT2D eigenvalue weighted by molar-refractivity contribution is 7.09. The van der Waals surface area contributed by atoms with Gasteiger partial charge >= 0.3 is 0 Å². The van der Waals surface area contributed by atoms with Gasteiger partial charge in [-0.15, -0.1) is 11.3 Å². The number of benzene rings is 1. The van der Waals surface area contributed by atoms with Gasteiger partial charge < -0.3 is 15.4 Å². The molecule has 2 N–H and O–H groups in total. The number of carbonyl (C=O) groups excluding carboxylic acids is 1. The Bertz CT molecular complexity index is 602. The Kier molecular flexibility index (Phi) is 5.30. The maximum atomic E-state index is 13.4. The smallest absolute Gasteiger partial charge is 0.256 e. The van der Waals surface area contributed by atoms with E-state index in [0.29, 0.717) is 19.7 Å². The van der Waals surface area contributed by atoms with E-state index in [2.05, 4.69) is 0 Å². The summed E-state index contributed by atoms with van der Waals surface area (Å²) < 4.78 is 18.4. The highest BCUT2D eigenvalue weighted by Crippen LogP contribution is 2.19. The molecule has 4 nitrogen and oxygen atoms in total. The molecule has 6 heteroatoms. The summed E-state index contributed by atoms with van der Waals surface area (Å²) in [4.78, 5) is 15.2. The molecule has 1 aromatic heterocycles. The number of rotatable bonds is 6. The number of methoxy groups -OCH3 is 1. The molecule has 1 heterocycles. The zero-order chi connectivity index (χ0) is 15.2. The molecule has 0 saturated heterocycles. The summed E-state index contributed by atoms with van der Waals surface area (Å²) in [5.74, 6) is -0.771. The number of nitrogens with two attached hydrogens (primary N) is 1. The maximum Gasteiger partial charge on any atom is 0.256 e. The van der Waals surface area contributed by atoms with Crippen molar-refractivity contribution in [1.29, 1.82) is 0 Å². The summed E-state index contributed by atoms with van der Waals surface area (Å²) in [6, 6.07) is 7.70.